The zero-order valence-corrected chi connectivity index (χ0v) is 32.8. The minimum Gasteiger partial charge on any atom is -0.506 e. The van der Waals surface area contributed by atoms with E-state index in [9.17, 15) is 19.8 Å². The maximum atomic E-state index is 13.9. The second kappa shape index (κ2) is 19.8. The fourth-order valence-electron chi connectivity index (χ4n) is 8.20. The minimum atomic E-state index is -0.745. The number of ether oxygens (including phenoxy) is 2. The molecule has 2 atom stereocenters. The van der Waals surface area contributed by atoms with E-state index in [1.165, 1.54) is 18.6 Å². The van der Waals surface area contributed by atoms with Crippen LogP contribution in [0.15, 0.2) is 108 Å². The van der Waals surface area contributed by atoms with Crippen LogP contribution >= 0.6 is 0 Å². The molecule has 5 aromatic rings. The van der Waals surface area contributed by atoms with Crippen molar-refractivity contribution in [3.05, 3.63) is 125 Å². The van der Waals surface area contributed by atoms with Crippen molar-refractivity contribution in [3.8, 4) is 22.6 Å². The third kappa shape index (κ3) is 10.8. The lowest BCUT2D eigenvalue weighted by molar-refractivity contribution is -0.0311. The molecule has 10 nitrogen and oxygen atoms in total. The van der Waals surface area contributed by atoms with Gasteiger partial charge in [0, 0.05) is 30.2 Å². The van der Waals surface area contributed by atoms with Gasteiger partial charge in [0.15, 0.2) is 0 Å². The number of rotatable bonds is 19. The third-order valence-electron chi connectivity index (χ3n) is 11.5. The number of carbonyl (C=O) groups excluding carboxylic acids is 1. The number of hydrogen-bond acceptors (Lipinski definition) is 8. The number of phenolic OH excluding ortho intramolecular Hbond substituents is 1. The molecular weight excluding hydrogens is 717 g/mol. The number of benzene rings is 4. The van der Waals surface area contributed by atoms with Gasteiger partial charge in [0.25, 0.3) is 0 Å². The Hall–Kier alpha value is -5.16. The number of aliphatic hydroxyl groups is 1. The molecule has 3 aliphatic rings. The molecule has 0 unspecified atom stereocenters. The molecule has 3 saturated heterocycles. The van der Waals surface area contributed by atoms with E-state index in [-0.39, 0.29) is 23.5 Å². The Morgan fingerprint density at radius 2 is 1.58 bits per heavy atom. The number of aromatic hydroxyl groups is 1. The number of fused-ring (bicyclic) bond motifs is 4. The van der Waals surface area contributed by atoms with Crippen LogP contribution in [0, 0.1) is 5.92 Å². The summed E-state index contributed by atoms with van der Waals surface area (Å²) in [5, 5.41) is 24.8. The first-order chi connectivity index (χ1) is 27.9. The number of piperidine rings is 3. The number of carbonyl (C=O) groups is 1. The fourth-order valence-corrected chi connectivity index (χ4v) is 8.20. The SMILES string of the molecule is O=C(O[C@H]1CN2CCC1CC2)N(Cc1cccc(OCCCCCCCCCNC[C@H](O)c2ccc(O)c3[nH]c(=O)ccc23)c1)c1ccc(-c2ccccc2)cc1. The number of aliphatic hydroxyl groups excluding tert-OH is 1. The van der Waals surface area contributed by atoms with E-state index in [0.29, 0.717) is 42.1 Å². The lowest BCUT2D eigenvalue weighted by atomic mass is 9.86. The first-order valence-corrected chi connectivity index (χ1v) is 20.7. The van der Waals surface area contributed by atoms with E-state index in [2.05, 4.69) is 39.5 Å². The number of unbranched alkanes of at least 4 members (excludes halogenated alkanes) is 6. The Morgan fingerprint density at radius 1 is 0.842 bits per heavy atom. The number of aromatic nitrogens is 1. The first-order valence-electron chi connectivity index (χ1n) is 20.7. The van der Waals surface area contributed by atoms with Crippen molar-refractivity contribution in [2.24, 2.45) is 5.92 Å². The summed E-state index contributed by atoms with van der Waals surface area (Å²) >= 11 is 0. The van der Waals surface area contributed by atoms with Crippen LogP contribution < -0.4 is 20.5 Å². The molecule has 3 aliphatic heterocycles. The van der Waals surface area contributed by atoms with Gasteiger partial charge in [-0.1, -0.05) is 92.8 Å². The minimum absolute atomic E-state index is 0.00952. The quantitative estimate of drug-likeness (QED) is 0.0616. The molecule has 300 valence electrons. The molecule has 0 saturated carbocycles. The number of nitrogens with zero attached hydrogens (tertiary/aromatic N) is 2. The largest absolute Gasteiger partial charge is 0.506 e. The number of amides is 1. The summed E-state index contributed by atoms with van der Waals surface area (Å²) in [6.45, 7) is 5.26. The Morgan fingerprint density at radius 3 is 2.33 bits per heavy atom. The number of hydrogen-bond donors (Lipinski definition) is 4. The van der Waals surface area contributed by atoms with Crippen molar-refractivity contribution in [1.29, 1.82) is 0 Å². The van der Waals surface area contributed by atoms with Crippen molar-refractivity contribution in [3.63, 3.8) is 0 Å². The van der Waals surface area contributed by atoms with Gasteiger partial charge in [0.05, 0.1) is 24.8 Å². The van der Waals surface area contributed by atoms with E-state index < -0.39 is 6.10 Å². The van der Waals surface area contributed by atoms with Gasteiger partial charge in [0.2, 0.25) is 5.56 Å². The van der Waals surface area contributed by atoms with E-state index in [1.54, 1.807) is 17.0 Å². The molecule has 0 spiro atoms. The van der Waals surface area contributed by atoms with Gasteiger partial charge in [-0.05, 0) is 110 Å². The van der Waals surface area contributed by atoms with Gasteiger partial charge in [-0.2, -0.15) is 0 Å². The number of H-pyrrole nitrogens is 1. The molecule has 1 amide bonds. The summed E-state index contributed by atoms with van der Waals surface area (Å²) in [6.07, 6.45) is 8.79. The molecule has 4 N–H and O–H groups in total. The lowest BCUT2D eigenvalue weighted by Gasteiger charge is -2.44. The Kier molecular flexibility index (Phi) is 13.9. The molecule has 4 heterocycles. The second-order valence-electron chi connectivity index (χ2n) is 15.5. The topological polar surface area (TPSA) is 127 Å². The van der Waals surface area contributed by atoms with Crippen molar-refractivity contribution in [2.45, 2.75) is 76.5 Å². The highest BCUT2D eigenvalue weighted by atomic mass is 16.6. The fraction of sp³-hybridized carbons (Fsp3) is 0.404. The van der Waals surface area contributed by atoms with Crippen LogP contribution in [0.25, 0.3) is 22.0 Å². The van der Waals surface area contributed by atoms with Crippen LogP contribution in [0.4, 0.5) is 10.5 Å². The van der Waals surface area contributed by atoms with Gasteiger partial charge in [-0.25, -0.2) is 4.79 Å². The number of nitrogens with one attached hydrogen (secondary N) is 2. The van der Waals surface area contributed by atoms with Crippen molar-refractivity contribution in [2.75, 3.05) is 44.2 Å². The van der Waals surface area contributed by atoms with Crippen LogP contribution in [0.3, 0.4) is 0 Å². The molecule has 0 radical (unpaired) electrons. The van der Waals surface area contributed by atoms with E-state index in [4.69, 9.17) is 9.47 Å². The maximum Gasteiger partial charge on any atom is 0.414 e. The monoisotopic (exact) mass is 772 g/mol. The second-order valence-corrected chi connectivity index (χ2v) is 15.5. The Labute approximate surface area is 335 Å². The van der Waals surface area contributed by atoms with Gasteiger partial charge >= 0.3 is 6.09 Å². The lowest BCUT2D eigenvalue weighted by Crippen LogP contribution is -2.53. The van der Waals surface area contributed by atoms with E-state index >= 15 is 0 Å². The highest BCUT2D eigenvalue weighted by Crippen LogP contribution is 2.32. The van der Waals surface area contributed by atoms with Crippen LogP contribution in [0.5, 0.6) is 11.5 Å². The number of anilines is 1. The summed E-state index contributed by atoms with van der Waals surface area (Å²) in [5.74, 6) is 1.23. The molecular formula is C47H56N4O6. The van der Waals surface area contributed by atoms with Crippen LogP contribution in [-0.2, 0) is 11.3 Å². The zero-order chi connectivity index (χ0) is 39.4. The summed E-state index contributed by atoms with van der Waals surface area (Å²) in [6, 6.07) is 32.7. The first kappa shape index (κ1) is 40.1. The molecule has 10 heteroatoms. The summed E-state index contributed by atoms with van der Waals surface area (Å²) < 4.78 is 12.4. The van der Waals surface area contributed by atoms with E-state index in [0.717, 1.165) is 106 Å². The van der Waals surface area contributed by atoms with Crippen LogP contribution in [0.1, 0.15) is 75.0 Å². The van der Waals surface area contributed by atoms with Crippen LogP contribution in [0.2, 0.25) is 0 Å². The standard InChI is InChI=1S/C47H56N4O6/c52-42-22-20-40(41-21-23-45(54)49-46(41)42)43(53)31-48-26-9-4-2-1-3-5-10-29-56-39-15-11-12-34(30-39)32-51(47(55)57-44-33-50-27-24-37(44)25-28-50)38-18-16-36(17-19-38)35-13-7-6-8-14-35/h6-8,11-23,30,37,43-44,48,52-53H,1-5,9-10,24-29,31-33H2,(H,49,54)/t43-,44-/m0/s1. The Balaban J connectivity index is 0.818. The third-order valence-corrected chi connectivity index (χ3v) is 11.5. The van der Waals surface area contributed by atoms with Crippen molar-refractivity contribution in [1.82, 2.24) is 15.2 Å². The van der Waals surface area contributed by atoms with Gasteiger partial charge in [-0.3, -0.25) is 14.6 Å². The Bertz CT molecular complexity index is 2100. The molecule has 1 aromatic heterocycles. The van der Waals surface area contributed by atoms with Crippen molar-refractivity contribution >= 4 is 22.7 Å². The molecule has 57 heavy (non-hydrogen) atoms. The average molecular weight is 773 g/mol. The summed E-state index contributed by atoms with van der Waals surface area (Å²) in [7, 11) is 0. The van der Waals surface area contributed by atoms with E-state index in [1.807, 2.05) is 54.6 Å². The van der Waals surface area contributed by atoms with Gasteiger partial charge < -0.3 is 30.0 Å². The predicted molar refractivity (Wildman–Crippen MR) is 226 cm³/mol. The van der Waals surface area contributed by atoms with Crippen molar-refractivity contribution < 1.29 is 24.5 Å². The molecule has 2 bridgehead atoms. The highest BCUT2D eigenvalue weighted by molar-refractivity contribution is 5.88. The molecule has 4 aromatic carbocycles. The normalized spacial score (nSPS) is 18.0. The summed E-state index contributed by atoms with van der Waals surface area (Å²) in [5.41, 5.74) is 4.76. The molecule has 8 rings (SSSR count). The van der Waals surface area contributed by atoms with Crippen LogP contribution in [-0.4, -0.2) is 71.6 Å². The number of aromatic amines is 1. The predicted octanol–water partition coefficient (Wildman–Crippen LogP) is 8.57. The highest BCUT2D eigenvalue weighted by Gasteiger charge is 2.37. The van der Waals surface area contributed by atoms with Gasteiger partial charge in [0.1, 0.15) is 17.6 Å². The molecule has 0 aliphatic carbocycles. The number of pyridine rings is 1. The van der Waals surface area contributed by atoms with Gasteiger partial charge in [-0.15, -0.1) is 0 Å². The zero-order valence-electron chi connectivity index (χ0n) is 32.8. The average Bonchev–Trinajstić information content (AvgIpc) is 3.24. The molecule has 3 fully saturated rings. The number of phenols is 1. The maximum absolute atomic E-state index is 13.9. The smallest absolute Gasteiger partial charge is 0.414 e. The summed E-state index contributed by atoms with van der Waals surface area (Å²) in [4.78, 5) is 32.4.